The van der Waals surface area contributed by atoms with Crippen LogP contribution in [0.1, 0.15) is 11.1 Å². The van der Waals surface area contributed by atoms with Crippen molar-refractivity contribution in [2.75, 3.05) is 0 Å². The van der Waals surface area contributed by atoms with Crippen molar-refractivity contribution < 1.29 is 14.8 Å². The van der Waals surface area contributed by atoms with Crippen LogP contribution in [0.25, 0.3) is 0 Å². The second kappa shape index (κ2) is 7.68. The van der Waals surface area contributed by atoms with Gasteiger partial charge in [0.15, 0.2) is 0 Å². The molecule has 0 atom stereocenters. The lowest BCUT2D eigenvalue weighted by atomic mass is 10.1. The number of amides is 1. The maximum Gasteiger partial charge on any atom is 0.273 e. The maximum atomic E-state index is 11.8. The predicted octanol–water partition coefficient (Wildman–Crippen LogP) is 2.60. The number of para-hydroxylation sites is 1. The van der Waals surface area contributed by atoms with Crippen LogP contribution >= 0.6 is 22.6 Å². The Bertz CT molecular complexity index is 777. The van der Waals surface area contributed by atoms with Crippen molar-refractivity contribution in [3.8, 4) is 5.75 Å². The van der Waals surface area contributed by atoms with Crippen molar-refractivity contribution in [2.24, 2.45) is 5.10 Å². The van der Waals surface area contributed by atoms with Crippen molar-refractivity contribution in [3.63, 3.8) is 0 Å². The number of halogens is 1. The van der Waals surface area contributed by atoms with Gasteiger partial charge in [-0.2, -0.15) is 5.10 Å². The molecule has 0 aromatic heterocycles. The largest absolute Gasteiger partial charge is 0.507 e. The van der Waals surface area contributed by atoms with Crippen LogP contribution in [0.3, 0.4) is 0 Å². The van der Waals surface area contributed by atoms with Crippen LogP contribution in [-0.2, 0) is 11.2 Å². The van der Waals surface area contributed by atoms with E-state index >= 15 is 0 Å². The van der Waals surface area contributed by atoms with Crippen molar-refractivity contribution in [1.29, 1.82) is 0 Å². The Balaban J connectivity index is 1.99. The third kappa shape index (κ3) is 4.74. The highest BCUT2D eigenvalue weighted by Crippen LogP contribution is 2.19. The van der Waals surface area contributed by atoms with Gasteiger partial charge in [-0.3, -0.25) is 14.9 Å². The average molecular weight is 425 g/mol. The highest BCUT2D eigenvalue weighted by molar-refractivity contribution is 14.1. The van der Waals surface area contributed by atoms with E-state index in [1.807, 2.05) is 22.6 Å². The van der Waals surface area contributed by atoms with Crippen LogP contribution in [0.5, 0.6) is 5.75 Å². The van der Waals surface area contributed by atoms with Crippen LogP contribution in [0.2, 0.25) is 0 Å². The Kier molecular flexibility index (Phi) is 5.63. The molecule has 0 unspecified atom stereocenters. The first-order valence-electron chi connectivity index (χ1n) is 6.50. The molecule has 2 aromatic carbocycles. The zero-order chi connectivity index (χ0) is 16.8. The van der Waals surface area contributed by atoms with Gasteiger partial charge in [-0.05, 0) is 46.4 Å². The van der Waals surface area contributed by atoms with Crippen molar-refractivity contribution in [2.45, 2.75) is 6.42 Å². The summed E-state index contributed by atoms with van der Waals surface area (Å²) in [5, 5.41) is 24.1. The Morgan fingerprint density at radius 2 is 2.09 bits per heavy atom. The standard InChI is InChI=1S/C15H12IN3O4/c16-12-7-10(5-6-14(12)20)9-17-18-15(21)8-11-3-1-2-4-13(11)19(22)23/h1-7,9,20H,8H2,(H,18,21)/b17-9+. The Morgan fingerprint density at radius 1 is 1.35 bits per heavy atom. The third-order valence-corrected chi connectivity index (χ3v) is 3.78. The molecule has 0 radical (unpaired) electrons. The van der Waals surface area contributed by atoms with E-state index in [0.29, 0.717) is 14.7 Å². The summed E-state index contributed by atoms with van der Waals surface area (Å²) in [6, 6.07) is 10.9. The second-order valence-electron chi connectivity index (χ2n) is 4.57. The molecule has 2 N–H and O–H groups in total. The number of phenolic OH excluding ortho intramolecular Hbond substituents is 1. The van der Waals surface area contributed by atoms with Gasteiger partial charge >= 0.3 is 0 Å². The normalized spacial score (nSPS) is 10.7. The zero-order valence-electron chi connectivity index (χ0n) is 11.8. The maximum absolute atomic E-state index is 11.8. The summed E-state index contributed by atoms with van der Waals surface area (Å²) in [7, 11) is 0. The van der Waals surface area contributed by atoms with E-state index in [-0.39, 0.29) is 17.9 Å². The minimum Gasteiger partial charge on any atom is -0.507 e. The number of nitro benzene ring substituents is 1. The van der Waals surface area contributed by atoms with Crippen LogP contribution in [0.15, 0.2) is 47.6 Å². The van der Waals surface area contributed by atoms with Gasteiger partial charge in [0.25, 0.3) is 5.69 Å². The fraction of sp³-hybridized carbons (Fsp3) is 0.0667. The minimum absolute atomic E-state index is 0.0975. The molecule has 7 nitrogen and oxygen atoms in total. The summed E-state index contributed by atoms with van der Waals surface area (Å²) in [4.78, 5) is 22.2. The lowest BCUT2D eigenvalue weighted by Gasteiger charge is -2.02. The van der Waals surface area contributed by atoms with Gasteiger partial charge in [-0.1, -0.05) is 18.2 Å². The summed E-state index contributed by atoms with van der Waals surface area (Å²) < 4.78 is 0.665. The van der Waals surface area contributed by atoms with E-state index in [1.54, 1.807) is 24.3 Å². The van der Waals surface area contributed by atoms with Gasteiger partial charge in [-0.15, -0.1) is 0 Å². The lowest BCUT2D eigenvalue weighted by molar-refractivity contribution is -0.385. The number of hydrazone groups is 1. The molecule has 0 saturated heterocycles. The first-order valence-corrected chi connectivity index (χ1v) is 7.58. The van der Waals surface area contributed by atoms with Crippen LogP contribution in [0, 0.1) is 13.7 Å². The summed E-state index contributed by atoms with van der Waals surface area (Å²) >= 11 is 1.98. The third-order valence-electron chi connectivity index (χ3n) is 2.91. The first kappa shape index (κ1) is 16.9. The number of carbonyl (C=O) groups excluding carboxylic acids is 1. The molecule has 2 rings (SSSR count). The summed E-state index contributed by atoms with van der Waals surface area (Å²) in [6.07, 6.45) is 1.29. The quantitative estimate of drug-likeness (QED) is 0.333. The number of nitrogens with one attached hydrogen (secondary N) is 1. The molecule has 118 valence electrons. The number of hydrogen-bond acceptors (Lipinski definition) is 5. The molecule has 1 amide bonds. The van der Waals surface area contributed by atoms with Gasteiger partial charge in [-0.25, -0.2) is 5.43 Å². The Labute approximate surface area is 145 Å². The van der Waals surface area contributed by atoms with E-state index < -0.39 is 10.8 Å². The van der Waals surface area contributed by atoms with Crippen molar-refractivity contribution >= 4 is 40.4 Å². The monoisotopic (exact) mass is 425 g/mol. The molecule has 8 heteroatoms. The highest BCUT2D eigenvalue weighted by Gasteiger charge is 2.14. The van der Waals surface area contributed by atoms with Crippen molar-refractivity contribution in [3.05, 3.63) is 67.3 Å². The number of nitro groups is 1. The summed E-state index contributed by atoms with van der Waals surface area (Å²) in [5.74, 6) is -0.285. The number of phenols is 1. The number of hydrogen-bond donors (Lipinski definition) is 2. The number of benzene rings is 2. The number of carbonyl (C=O) groups is 1. The molecule has 0 fully saturated rings. The molecule has 0 aliphatic rings. The number of rotatable bonds is 5. The van der Waals surface area contributed by atoms with Crippen LogP contribution in [-0.4, -0.2) is 22.2 Å². The first-order chi connectivity index (χ1) is 11.0. The van der Waals surface area contributed by atoms with Gasteiger partial charge in [0.1, 0.15) is 5.75 Å². The van der Waals surface area contributed by atoms with E-state index in [0.717, 1.165) is 0 Å². The van der Waals surface area contributed by atoms with Crippen LogP contribution < -0.4 is 5.43 Å². The van der Waals surface area contributed by atoms with Crippen LogP contribution in [0.4, 0.5) is 5.69 Å². The molecular weight excluding hydrogens is 413 g/mol. The molecule has 0 heterocycles. The Morgan fingerprint density at radius 3 is 2.78 bits per heavy atom. The fourth-order valence-corrected chi connectivity index (χ4v) is 2.37. The van der Waals surface area contributed by atoms with E-state index in [9.17, 15) is 20.0 Å². The molecule has 0 saturated carbocycles. The topological polar surface area (TPSA) is 105 Å². The van der Waals surface area contributed by atoms with E-state index in [2.05, 4.69) is 10.5 Å². The lowest BCUT2D eigenvalue weighted by Crippen LogP contribution is -2.20. The van der Waals surface area contributed by atoms with E-state index in [1.165, 1.54) is 24.4 Å². The molecule has 0 bridgehead atoms. The molecule has 0 aliphatic carbocycles. The highest BCUT2D eigenvalue weighted by atomic mass is 127. The molecule has 0 spiro atoms. The number of nitrogens with zero attached hydrogens (tertiary/aromatic N) is 2. The SMILES string of the molecule is O=C(Cc1ccccc1[N+](=O)[O-])N/N=C/c1ccc(O)c(I)c1. The summed E-state index contributed by atoms with van der Waals surface area (Å²) in [5.41, 5.74) is 3.26. The van der Waals surface area contributed by atoms with Gasteiger partial charge in [0.05, 0.1) is 21.1 Å². The number of aromatic hydroxyl groups is 1. The fourth-order valence-electron chi connectivity index (χ4n) is 1.83. The van der Waals surface area contributed by atoms with E-state index in [4.69, 9.17) is 0 Å². The second-order valence-corrected chi connectivity index (χ2v) is 5.73. The smallest absolute Gasteiger partial charge is 0.273 e. The van der Waals surface area contributed by atoms with Gasteiger partial charge in [0, 0.05) is 11.6 Å². The van der Waals surface area contributed by atoms with Gasteiger partial charge < -0.3 is 5.11 Å². The van der Waals surface area contributed by atoms with Crippen molar-refractivity contribution in [1.82, 2.24) is 5.43 Å². The molecule has 2 aromatic rings. The van der Waals surface area contributed by atoms with Gasteiger partial charge in [0.2, 0.25) is 5.91 Å². The summed E-state index contributed by atoms with van der Waals surface area (Å²) in [6.45, 7) is 0. The average Bonchev–Trinajstić information content (AvgIpc) is 2.51. The zero-order valence-corrected chi connectivity index (χ0v) is 13.9. The minimum atomic E-state index is -0.524. The molecule has 0 aliphatic heterocycles. The molecule has 23 heavy (non-hydrogen) atoms. The predicted molar refractivity (Wildman–Crippen MR) is 93.4 cm³/mol. The molecular formula is C15H12IN3O4. The Hall–Kier alpha value is -2.49.